The number of hydrogen-bond acceptors (Lipinski definition) is 5. The maximum absolute atomic E-state index is 13.0. The third-order valence-corrected chi connectivity index (χ3v) is 5.63. The van der Waals surface area contributed by atoms with E-state index in [1.54, 1.807) is 13.0 Å². The summed E-state index contributed by atoms with van der Waals surface area (Å²) < 4.78 is 5.91. The summed E-state index contributed by atoms with van der Waals surface area (Å²) in [6, 6.07) is 18.1. The number of carbonyl (C=O) groups is 2. The first kappa shape index (κ1) is 17.9. The molecular weight excluding hydrogens is 376 g/mol. The van der Waals surface area contributed by atoms with Crippen LogP contribution < -0.4 is 10.2 Å². The highest BCUT2D eigenvalue weighted by Crippen LogP contribution is 2.43. The number of hydrazone groups is 1. The fourth-order valence-electron chi connectivity index (χ4n) is 3.10. The molecule has 7 heteroatoms. The number of carboxylic acids is 1. The molecule has 0 radical (unpaired) electrons. The SMILES string of the molecule is C/C(=N/NC(=O)C1c2ccccc2Oc2ccccc21)c1ccc(C(=O)O)s1. The molecule has 1 amide bonds. The molecule has 2 N–H and O–H groups in total. The molecule has 140 valence electrons. The average Bonchev–Trinajstić information content (AvgIpc) is 3.20. The van der Waals surface area contributed by atoms with E-state index < -0.39 is 11.9 Å². The van der Waals surface area contributed by atoms with E-state index in [1.165, 1.54) is 6.07 Å². The highest BCUT2D eigenvalue weighted by molar-refractivity contribution is 7.15. The summed E-state index contributed by atoms with van der Waals surface area (Å²) in [5.41, 5.74) is 4.71. The molecular formula is C21H16N2O4S. The van der Waals surface area contributed by atoms with Gasteiger partial charge in [0.2, 0.25) is 0 Å². The lowest BCUT2D eigenvalue weighted by atomic mass is 9.87. The third-order valence-electron chi connectivity index (χ3n) is 4.45. The zero-order valence-corrected chi connectivity index (χ0v) is 15.7. The zero-order chi connectivity index (χ0) is 19.7. The van der Waals surface area contributed by atoms with Gasteiger partial charge < -0.3 is 9.84 Å². The summed E-state index contributed by atoms with van der Waals surface area (Å²) >= 11 is 1.11. The normalized spacial score (nSPS) is 13.2. The van der Waals surface area contributed by atoms with Crippen LogP contribution in [0.3, 0.4) is 0 Å². The number of hydrogen-bond donors (Lipinski definition) is 2. The largest absolute Gasteiger partial charge is 0.477 e. The first-order valence-electron chi connectivity index (χ1n) is 8.58. The molecule has 2 aromatic carbocycles. The maximum Gasteiger partial charge on any atom is 0.345 e. The molecule has 0 aliphatic carbocycles. The molecule has 3 aromatic rings. The summed E-state index contributed by atoms with van der Waals surface area (Å²) in [6.45, 7) is 1.73. The molecule has 6 nitrogen and oxygen atoms in total. The van der Waals surface area contributed by atoms with Crippen molar-refractivity contribution >= 4 is 28.9 Å². The highest BCUT2D eigenvalue weighted by atomic mass is 32.1. The van der Waals surface area contributed by atoms with Crippen molar-refractivity contribution < 1.29 is 19.4 Å². The van der Waals surface area contributed by atoms with Crippen LogP contribution in [-0.2, 0) is 4.79 Å². The predicted molar refractivity (Wildman–Crippen MR) is 106 cm³/mol. The fraction of sp³-hybridized carbons (Fsp3) is 0.0952. The number of rotatable bonds is 4. The number of ether oxygens (including phenoxy) is 1. The van der Waals surface area contributed by atoms with Gasteiger partial charge in [0.25, 0.3) is 5.91 Å². The lowest BCUT2D eigenvalue weighted by molar-refractivity contribution is -0.121. The lowest BCUT2D eigenvalue weighted by Crippen LogP contribution is -2.29. The Balaban J connectivity index is 1.62. The molecule has 0 spiro atoms. The Morgan fingerprint density at radius 3 is 2.11 bits per heavy atom. The van der Waals surface area contributed by atoms with Crippen molar-refractivity contribution in [3.8, 4) is 11.5 Å². The van der Waals surface area contributed by atoms with Crippen molar-refractivity contribution in [1.82, 2.24) is 5.43 Å². The fourth-order valence-corrected chi connectivity index (χ4v) is 3.89. The number of nitrogens with one attached hydrogen (secondary N) is 1. The van der Waals surface area contributed by atoms with Crippen LogP contribution >= 0.6 is 11.3 Å². The van der Waals surface area contributed by atoms with Crippen LogP contribution in [0.15, 0.2) is 65.8 Å². The van der Waals surface area contributed by atoms with E-state index in [9.17, 15) is 9.59 Å². The second-order valence-corrected chi connectivity index (χ2v) is 7.34. The monoisotopic (exact) mass is 392 g/mol. The van der Waals surface area contributed by atoms with Crippen molar-refractivity contribution in [2.24, 2.45) is 5.10 Å². The van der Waals surface area contributed by atoms with E-state index in [0.29, 0.717) is 22.1 Å². The molecule has 28 heavy (non-hydrogen) atoms. The quantitative estimate of drug-likeness (QED) is 0.514. The number of fused-ring (bicyclic) bond motifs is 2. The molecule has 0 atom stereocenters. The highest BCUT2D eigenvalue weighted by Gasteiger charge is 2.32. The summed E-state index contributed by atoms with van der Waals surface area (Å²) in [7, 11) is 0. The van der Waals surface area contributed by atoms with Gasteiger partial charge in [-0.3, -0.25) is 4.79 Å². The zero-order valence-electron chi connectivity index (χ0n) is 14.9. The number of benzene rings is 2. The molecule has 0 bridgehead atoms. The number of thiophene rings is 1. The minimum atomic E-state index is -0.983. The lowest BCUT2D eigenvalue weighted by Gasteiger charge is -2.26. The van der Waals surface area contributed by atoms with Crippen LogP contribution in [0.4, 0.5) is 0 Å². The molecule has 1 aromatic heterocycles. The molecule has 0 fully saturated rings. The molecule has 0 unspecified atom stereocenters. The van der Waals surface area contributed by atoms with Crippen LogP contribution in [0.25, 0.3) is 0 Å². The topological polar surface area (TPSA) is 88.0 Å². The van der Waals surface area contributed by atoms with Crippen LogP contribution in [0.1, 0.15) is 38.5 Å². The van der Waals surface area contributed by atoms with E-state index in [1.807, 2.05) is 48.5 Å². The Bertz CT molecular complexity index is 1060. The number of amides is 1. The van der Waals surface area contributed by atoms with Crippen LogP contribution in [-0.4, -0.2) is 22.7 Å². The van der Waals surface area contributed by atoms with Crippen LogP contribution in [0.2, 0.25) is 0 Å². The van der Waals surface area contributed by atoms with Crippen molar-refractivity contribution in [2.45, 2.75) is 12.8 Å². The number of aromatic carboxylic acids is 1. The smallest absolute Gasteiger partial charge is 0.345 e. The van der Waals surface area contributed by atoms with E-state index in [0.717, 1.165) is 22.5 Å². The molecule has 0 saturated carbocycles. The Hall–Kier alpha value is -3.45. The van der Waals surface area contributed by atoms with Crippen molar-refractivity contribution in [3.05, 3.63) is 81.5 Å². The Morgan fingerprint density at radius 1 is 0.964 bits per heavy atom. The van der Waals surface area contributed by atoms with Gasteiger partial charge in [0.15, 0.2) is 0 Å². The average molecular weight is 392 g/mol. The summed E-state index contributed by atoms with van der Waals surface area (Å²) in [5.74, 6) is -0.519. The van der Waals surface area contributed by atoms with E-state index in [-0.39, 0.29) is 10.8 Å². The molecule has 4 rings (SSSR count). The molecule has 1 aliphatic rings. The number of carbonyl (C=O) groups excluding carboxylic acids is 1. The van der Waals surface area contributed by atoms with Gasteiger partial charge in [-0.05, 0) is 31.2 Å². The molecule has 0 saturated heterocycles. The van der Waals surface area contributed by atoms with Gasteiger partial charge in [0.05, 0.1) is 16.5 Å². The van der Waals surface area contributed by atoms with E-state index in [4.69, 9.17) is 9.84 Å². The number of nitrogens with zero attached hydrogens (tertiary/aromatic N) is 1. The Morgan fingerprint density at radius 2 is 1.54 bits per heavy atom. The van der Waals surface area contributed by atoms with Gasteiger partial charge in [0.1, 0.15) is 16.4 Å². The van der Waals surface area contributed by atoms with Gasteiger partial charge in [-0.1, -0.05) is 36.4 Å². The first-order valence-corrected chi connectivity index (χ1v) is 9.39. The van der Waals surface area contributed by atoms with Crippen LogP contribution in [0.5, 0.6) is 11.5 Å². The maximum atomic E-state index is 13.0. The summed E-state index contributed by atoms with van der Waals surface area (Å²) in [6.07, 6.45) is 0. The number of para-hydroxylation sites is 2. The third kappa shape index (κ3) is 3.27. The van der Waals surface area contributed by atoms with Gasteiger partial charge in [0, 0.05) is 11.1 Å². The minimum Gasteiger partial charge on any atom is -0.477 e. The van der Waals surface area contributed by atoms with E-state index >= 15 is 0 Å². The van der Waals surface area contributed by atoms with Gasteiger partial charge in [-0.15, -0.1) is 11.3 Å². The van der Waals surface area contributed by atoms with Crippen molar-refractivity contribution in [2.75, 3.05) is 0 Å². The number of carboxylic acid groups (broad SMARTS) is 1. The van der Waals surface area contributed by atoms with Crippen molar-refractivity contribution in [1.29, 1.82) is 0 Å². The predicted octanol–water partition coefficient (Wildman–Crippen LogP) is 4.22. The van der Waals surface area contributed by atoms with Crippen molar-refractivity contribution in [3.63, 3.8) is 0 Å². The molecule has 2 heterocycles. The Kier molecular flexibility index (Phi) is 4.67. The van der Waals surface area contributed by atoms with Gasteiger partial charge in [-0.25, -0.2) is 10.2 Å². The minimum absolute atomic E-state index is 0.225. The van der Waals surface area contributed by atoms with Gasteiger partial charge >= 0.3 is 5.97 Å². The first-order chi connectivity index (χ1) is 13.5. The standard InChI is InChI=1S/C21H16N2O4S/c1-12(17-10-11-18(28-17)21(25)26)22-23-20(24)19-13-6-2-4-8-15(13)27-16-9-5-3-7-14(16)19/h2-11,19H,1H3,(H,23,24)(H,25,26)/b22-12-. The summed E-state index contributed by atoms with van der Waals surface area (Å²) in [5, 5.41) is 13.2. The summed E-state index contributed by atoms with van der Waals surface area (Å²) in [4.78, 5) is 25.0. The van der Waals surface area contributed by atoms with Crippen LogP contribution in [0, 0.1) is 0 Å². The molecule has 1 aliphatic heterocycles. The second kappa shape index (κ2) is 7.28. The second-order valence-electron chi connectivity index (χ2n) is 6.25. The Labute approximate surface area is 165 Å². The van der Waals surface area contributed by atoms with E-state index in [2.05, 4.69) is 10.5 Å². The van der Waals surface area contributed by atoms with Gasteiger partial charge in [-0.2, -0.15) is 5.10 Å².